The highest BCUT2D eigenvalue weighted by molar-refractivity contribution is 5.79. The summed E-state index contributed by atoms with van der Waals surface area (Å²) in [5.41, 5.74) is -1.24. The molecule has 0 aliphatic heterocycles. The molecule has 1 atom stereocenters. The molecule has 3 nitrogen and oxygen atoms in total. The molecule has 3 heteroatoms. The molecule has 0 heterocycles. The average molecular weight is 214 g/mol. The van der Waals surface area contributed by atoms with E-state index in [9.17, 15) is 9.90 Å². The van der Waals surface area contributed by atoms with Crippen molar-refractivity contribution in [1.82, 2.24) is 0 Å². The highest BCUT2D eigenvalue weighted by Crippen LogP contribution is 2.35. The number of carbonyl (C=O) groups excluding carboxylic acids is 1. The van der Waals surface area contributed by atoms with E-state index in [1.54, 1.807) is 6.92 Å². The van der Waals surface area contributed by atoms with E-state index < -0.39 is 11.6 Å². The molecule has 0 aromatic rings. The van der Waals surface area contributed by atoms with Gasteiger partial charge in [-0.05, 0) is 32.1 Å². The van der Waals surface area contributed by atoms with Crippen molar-refractivity contribution in [2.24, 2.45) is 5.92 Å². The van der Waals surface area contributed by atoms with E-state index in [0.717, 1.165) is 25.7 Å². The maximum absolute atomic E-state index is 11.7. The van der Waals surface area contributed by atoms with Gasteiger partial charge in [0.2, 0.25) is 0 Å². The van der Waals surface area contributed by atoms with Gasteiger partial charge in [-0.1, -0.05) is 26.2 Å². The summed E-state index contributed by atoms with van der Waals surface area (Å²) in [6.07, 6.45) is 5.81. The highest BCUT2D eigenvalue weighted by Gasteiger charge is 2.43. The average Bonchev–Trinajstić information content (AvgIpc) is 2.29. The van der Waals surface area contributed by atoms with Crippen LogP contribution in [0.25, 0.3) is 0 Å². The van der Waals surface area contributed by atoms with Crippen molar-refractivity contribution >= 4 is 5.97 Å². The Kier molecular flexibility index (Phi) is 4.58. The van der Waals surface area contributed by atoms with Gasteiger partial charge >= 0.3 is 5.97 Å². The summed E-state index contributed by atoms with van der Waals surface area (Å²) in [5.74, 6) is -0.338. The third kappa shape index (κ3) is 2.71. The molecule has 0 spiro atoms. The van der Waals surface area contributed by atoms with E-state index in [0.29, 0.717) is 13.0 Å². The molecule has 1 N–H and O–H groups in total. The summed E-state index contributed by atoms with van der Waals surface area (Å²) in [6.45, 7) is 3.97. The number of esters is 1. The lowest BCUT2D eigenvalue weighted by molar-refractivity contribution is -0.173. The van der Waals surface area contributed by atoms with Crippen LogP contribution in [0.1, 0.15) is 52.4 Å². The largest absolute Gasteiger partial charge is 0.464 e. The number of aliphatic hydroxyl groups is 1. The van der Waals surface area contributed by atoms with Crippen LogP contribution in [0.5, 0.6) is 0 Å². The Hall–Kier alpha value is -0.570. The number of hydrogen-bond acceptors (Lipinski definition) is 3. The molecular weight excluding hydrogens is 192 g/mol. The SMILES string of the molecule is CCOC(=O)C(O)(CC)C1CCCCC1. The van der Waals surface area contributed by atoms with Gasteiger partial charge in [0.15, 0.2) is 5.60 Å². The van der Waals surface area contributed by atoms with Gasteiger partial charge < -0.3 is 9.84 Å². The highest BCUT2D eigenvalue weighted by atomic mass is 16.5. The lowest BCUT2D eigenvalue weighted by atomic mass is 9.75. The van der Waals surface area contributed by atoms with Gasteiger partial charge in [-0.25, -0.2) is 4.79 Å². The van der Waals surface area contributed by atoms with Gasteiger partial charge in [0.05, 0.1) is 6.61 Å². The van der Waals surface area contributed by atoms with Gasteiger partial charge in [-0.2, -0.15) is 0 Å². The number of hydrogen-bond donors (Lipinski definition) is 1. The van der Waals surface area contributed by atoms with Crippen molar-refractivity contribution in [2.45, 2.75) is 58.0 Å². The van der Waals surface area contributed by atoms with Gasteiger partial charge in [0.1, 0.15) is 0 Å². The summed E-state index contributed by atoms with van der Waals surface area (Å²) in [6, 6.07) is 0. The smallest absolute Gasteiger partial charge is 0.338 e. The van der Waals surface area contributed by atoms with E-state index >= 15 is 0 Å². The summed E-state index contributed by atoms with van der Waals surface area (Å²) >= 11 is 0. The molecule has 0 bridgehead atoms. The Balaban J connectivity index is 2.68. The molecule has 1 aliphatic rings. The normalized spacial score (nSPS) is 22.1. The maximum Gasteiger partial charge on any atom is 0.338 e. The Morgan fingerprint density at radius 2 is 1.93 bits per heavy atom. The molecule has 0 radical (unpaired) electrons. The van der Waals surface area contributed by atoms with Gasteiger partial charge in [-0.3, -0.25) is 0 Å². The standard InChI is InChI=1S/C12H22O3/c1-3-12(14,11(13)15-4-2)10-8-6-5-7-9-10/h10,14H,3-9H2,1-2H3. The van der Waals surface area contributed by atoms with Crippen LogP contribution in [0, 0.1) is 5.92 Å². The zero-order valence-corrected chi connectivity index (χ0v) is 9.79. The second-order valence-corrected chi connectivity index (χ2v) is 4.33. The number of ether oxygens (including phenoxy) is 1. The number of rotatable bonds is 4. The van der Waals surface area contributed by atoms with Gasteiger partial charge in [0.25, 0.3) is 0 Å². The van der Waals surface area contributed by atoms with Crippen molar-refractivity contribution in [3.05, 3.63) is 0 Å². The Morgan fingerprint density at radius 1 is 1.33 bits per heavy atom. The summed E-state index contributed by atoms with van der Waals surface area (Å²) in [4.78, 5) is 11.7. The fourth-order valence-electron chi connectivity index (χ4n) is 2.44. The molecule has 88 valence electrons. The van der Waals surface area contributed by atoms with Crippen molar-refractivity contribution in [1.29, 1.82) is 0 Å². The van der Waals surface area contributed by atoms with E-state index in [-0.39, 0.29) is 5.92 Å². The third-order valence-corrected chi connectivity index (χ3v) is 3.45. The molecule has 1 aliphatic carbocycles. The number of carbonyl (C=O) groups is 1. The first-order valence-electron chi connectivity index (χ1n) is 6.04. The Labute approximate surface area is 91.8 Å². The van der Waals surface area contributed by atoms with Crippen LogP contribution in [0.15, 0.2) is 0 Å². The minimum absolute atomic E-state index is 0.0929. The first-order valence-corrected chi connectivity index (χ1v) is 6.04. The minimum Gasteiger partial charge on any atom is -0.464 e. The van der Waals surface area contributed by atoms with Crippen LogP contribution in [0.4, 0.5) is 0 Å². The monoisotopic (exact) mass is 214 g/mol. The predicted octanol–water partition coefficient (Wildman–Crippen LogP) is 2.27. The van der Waals surface area contributed by atoms with Gasteiger partial charge in [0, 0.05) is 0 Å². The first-order chi connectivity index (χ1) is 7.15. The van der Waals surface area contributed by atoms with Crippen LogP contribution in [-0.4, -0.2) is 23.3 Å². The van der Waals surface area contributed by atoms with Gasteiger partial charge in [-0.15, -0.1) is 0 Å². The maximum atomic E-state index is 11.7. The van der Waals surface area contributed by atoms with E-state index in [1.165, 1.54) is 6.42 Å². The molecule has 15 heavy (non-hydrogen) atoms. The van der Waals surface area contributed by atoms with Crippen LogP contribution in [0.3, 0.4) is 0 Å². The van der Waals surface area contributed by atoms with Crippen molar-refractivity contribution < 1.29 is 14.6 Å². The zero-order valence-electron chi connectivity index (χ0n) is 9.79. The molecule has 0 aromatic heterocycles. The summed E-state index contributed by atoms with van der Waals surface area (Å²) < 4.78 is 4.96. The third-order valence-electron chi connectivity index (χ3n) is 3.45. The van der Waals surface area contributed by atoms with Crippen LogP contribution in [-0.2, 0) is 9.53 Å². The minimum atomic E-state index is -1.24. The van der Waals surface area contributed by atoms with Crippen LogP contribution in [0.2, 0.25) is 0 Å². The Bertz CT molecular complexity index is 209. The molecule has 1 rings (SSSR count). The van der Waals surface area contributed by atoms with Crippen LogP contribution >= 0.6 is 0 Å². The topological polar surface area (TPSA) is 46.5 Å². The fourth-order valence-corrected chi connectivity index (χ4v) is 2.44. The van der Waals surface area contributed by atoms with Crippen molar-refractivity contribution in [3.63, 3.8) is 0 Å². The predicted molar refractivity (Wildman–Crippen MR) is 58.4 cm³/mol. The zero-order chi connectivity index (χ0) is 11.3. The second-order valence-electron chi connectivity index (χ2n) is 4.33. The summed E-state index contributed by atoms with van der Waals surface area (Å²) in [7, 11) is 0. The fraction of sp³-hybridized carbons (Fsp3) is 0.917. The van der Waals surface area contributed by atoms with Crippen molar-refractivity contribution in [2.75, 3.05) is 6.61 Å². The molecule has 0 saturated heterocycles. The Morgan fingerprint density at radius 3 is 2.40 bits per heavy atom. The molecular formula is C12H22O3. The molecule has 1 fully saturated rings. The van der Waals surface area contributed by atoms with E-state index in [1.807, 2.05) is 6.92 Å². The lowest BCUT2D eigenvalue weighted by Gasteiger charge is -2.35. The van der Waals surface area contributed by atoms with Crippen LogP contribution < -0.4 is 0 Å². The van der Waals surface area contributed by atoms with Crippen molar-refractivity contribution in [3.8, 4) is 0 Å². The molecule has 1 saturated carbocycles. The van der Waals surface area contributed by atoms with E-state index in [2.05, 4.69) is 0 Å². The quantitative estimate of drug-likeness (QED) is 0.730. The lowest BCUT2D eigenvalue weighted by Crippen LogP contribution is -2.47. The molecule has 0 aromatic carbocycles. The molecule has 0 amide bonds. The summed E-state index contributed by atoms with van der Waals surface area (Å²) in [5, 5.41) is 10.4. The second kappa shape index (κ2) is 5.50. The first kappa shape index (κ1) is 12.5. The molecule has 1 unspecified atom stereocenters. The van der Waals surface area contributed by atoms with E-state index in [4.69, 9.17) is 4.74 Å².